The summed E-state index contributed by atoms with van der Waals surface area (Å²) >= 11 is 0. The molecule has 3 aromatic rings. The van der Waals surface area contributed by atoms with E-state index in [1.165, 1.54) is 0 Å². The first-order valence-electron chi connectivity index (χ1n) is 5.81. The monoisotopic (exact) mass is 234 g/mol. The van der Waals surface area contributed by atoms with Gasteiger partial charge in [-0.2, -0.15) is 0 Å². The molecule has 0 aliphatic heterocycles. The Morgan fingerprint density at radius 1 is 1.00 bits per heavy atom. The maximum atomic E-state index is 12.0. The van der Waals surface area contributed by atoms with Crippen molar-refractivity contribution in [3.63, 3.8) is 0 Å². The van der Waals surface area contributed by atoms with Gasteiger partial charge in [0.05, 0.1) is 10.9 Å². The lowest BCUT2D eigenvalue weighted by Gasteiger charge is -2.05. The van der Waals surface area contributed by atoms with E-state index in [1.54, 1.807) is 6.07 Å². The second kappa shape index (κ2) is 4.15. The van der Waals surface area contributed by atoms with Crippen molar-refractivity contribution in [2.45, 2.75) is 0 Å². The summed E-state index contributed by atoms with van der Waals surface area (Å²) in [4.78, 5) is 19.3. The van der Waals surface area contributed by atoms with Gasteiger partial charge in [0.2, 0.25) is 0 Å². The minimum atomic E-state index is -0.0983. The van der Waals surface area contributed by atoms with Crippen molar-refractivity contribution < 1.29 is 0 Å². The molecule has 0 radical (unpaired) electrons. The number of fused-ring (bicyclic) bond motifs is 1. The number of H-pyrrole nitrogens is 1. The molecular weight excluding hydrogens is 223 g/mol. The van der Waals surface area contributed by atoms with Crippen molar-refractivity contribution in [3.8, 4) is 11.4 Å². The molecule has 0 bridgehead atoms. The molecule has 0 unspecified atom stereocenters. The van der Waals surface area contributed by atoms with Gasteiger partial charge < -0.3 is 4.98 Å². The third-order valence-corrected chi connectivity index (χ3v) is 3.01. The van der Waals surface area contributed by atoms with E-state index in [1.807, 2.05) is 50.3 Å². The van der Waals surface area contributed by atoms with Gasteiger partial charge in [-0.3, -0.25) is 4.79 Å². The lowest BCUT2D eigenvalue weighted by molar-refractivity contribution is 1.18. The minimum absolute atomic E-state index is 0.0983. The van der Waals surface area contributed by atoms with Crippen molar-refractivity contribution >= 4 is 24.2 Å². The van der Waals surface area contributed by atoms with Gasteiger partial charge >= 0.3 is 0 Å². The van der Waals surface area contributed by atoms with E-state index in [9.17, 15) is 4.79 Å². The van der Waals surface area contributed by atoms with Crippen molar-refractivity contribution in [2.75, 3.05) is 0 Å². The molecule has 0 atom stereocenters. The van der Waals surface area contributed by atoms with Crippen LogP contribution < -0.4 is 11.0 Å². The molecule has 0 fully saturated rings. The summed E-state index contributed by atoms with van der Waals surface area (Å²) in [5.41, 5.74) is 2.68. The number of nitrogens with one attached hydrogen (secondary N) is 1. The van der Waals surface area contributed by atoms with Crippen LogP contribution in [-0.4, -0.2) is 17.8 Å². The highest BCUT2D eigenvalue weighted by Gasteiger charge is 2.06. The average molecular weight is 234 g/mol. The standard InChI is InChI=1S/C14H11BN2O/c15-11-7-3-1-5-9(11)13-16-12-8-4-2-6-10(12)14(18)17-13/h1-8H,15H2,(H,16,17,18). The number of aromatic nitrogens is 2. The van der Waals surface area contributed by atoms with Crippen LogP contribution in [0.4, 0.5) is 0 Å². The molecule has 0 aliphatic carbocycles. The summed E-state index contributed by atoms with van der Waals surface area (Å²) in [5, 5.41) is 0.620. The number of para-hydroxylation sites is 1. The van der Waals surface area contributed by atoms with Gasteiger partial charge in [-0.05, 0) is 12.1 Å². The molecule has 1 N–H and O–H groups in total. The second-order valence-electron chi connectivity index (χ2n) is 4.25. The molecule has 4 heteroatoms. The van der Waals surface area contributed by atoms with Crippen LogP contribution in [0.3, 0.4) is 0 Å². The Kier molecular flexibility index (Phi) is 2.48. The fourth-order valence-corrected chi connectivity index (χ4v) is 2.05. The van der Waals surface area contributed by atoms with Crippen LogP contribution in [0.25, 0.3) is 22.3 Å². The van der Waals surface area contributed by atoms with Crippen LogP contribution in [0.5, 0.6) is 0 Å². The number of hydrogen-bond donors (Lipinski definition) is 1. The molecule has 18 heavy (non-hydrogen) atoms. The molecule has 1 heterocycles. The first-order valence-corrected chi connectivity index (χ1v) is 5.81. The lowest BCUT2D eigenvalue weighted by Crippen LogP contribution is -2.14. The van der Waals surface area contributed by atoms with Crippen molar-refractivity contribution in [1.29, 1.82) is 0 Å². The Morgan fingerprint density at radius 3 is 2.56 bits per heavy atom. The third kappa shape index (κ3) is 1.72. The smallest absolute Gasteiger partial charge is 0.259 e. The zero-order valence-corrected chi connectivity index (χ0v) is 9.97. The van der Waals surface area contributed by atoms with Crippen LogP contribution in [0.15, 0.2) is 53.3 Å². The topological polar surface area (TPSA) is 45.8 Å². The number of hydrogen-bond acceptors (Lipinski definition) is 2. The van der Waals surface area contributed by atoms with Gasteiger partial charge in [-0.1, -0.05) is 41.9 Å². The molecule has 86 valence electrons. The summed E-state index contributed by atoms with van der Waals surface area (Å²) in [6.45, 7) is 0. The predicted molar refractivity (Wildman–Crippen MR) is 76.0 cm³/mol. The highest BCUT2D eigenvalue weighted by atomic mass is 16.1. The van der Waals surface area contributed by atoms with Crippen LogP contribution in [0.2, 0.25) is 0 Å². The Morgan fingerprint density at radius 2 is 1.72 bits per heavy atom. The normalized spacial score (nSPS) is 10.7. The van der Waals surface area contributed by atoms with Gasteiger partial charge in [-0.15, -0.1) is 0 Å². The summed E-state index contributed by atoms with van der Waals surface area (Å²) in [6.07, 6.45) is 0. The first-order chi connectivity index (χ1) is 8.75. The number of benzene rings is 2. The Balaban J connectivity index is 2.32. The largest absolute Gasteiger partial charge is 0.306 e. The molecule has 3 rings (SSSR count). The Labute approximate surface area is 105 Å². The molecule has 0 aliphatic rings. The molecule has 2 aromatic carbocycles. The Bertz CT molecular complexity index is 780. The quantitative estimate of drug-likeness (QED) is 0.634. The molecular formula is C14H11BN2O. The molecule has 0 saturated carbocycles. The van der Waals surface area contributed by atoms with Crippen LogP contribution >= 0.6 is 0 Å². The van der Waals surface area contributed by atoms with Gasteiger partial charge in [-0.25, -0.2) is 4.98 Å². The zero-order valence-electron chi connectivity index (χ0n) is 9.97. The van der Waals surface area contributed by atoms with E-state index in [2.05, 4.69) is 9.97 Å². The maximum Gasteiger partial charge on any atom is 0.259 e. The summed E-state index contributed by atoms with van der Waals surface area (Å²) in [5.74, 6) is 0.622. The van der Waals surface area contributed by atoms with Crippen LogP contribution in [0, 0.1) is 0 Å². The minimum Gasteiger partial charge on any atom is -0.306 e. The first kappa shape index (κ1) is 10.8. The summed E-state index contributed by atoms with van der Waals surface area (Å²) in [6, 6.07) is 15.2. The fourth-order valence-electron chi connectivity index (χ4n) is 2.05. The molecule has 0 amide bonds. The highest BCUT2D eigenvalue weighted by molar-refractivity contribution is 6.35. The van der Waals surface area contributed by atoms with Crippen molar-refractivity contribution in [2.24, 2.45) is 0 Å². The Hall–Kier alpha value is -2.36. The van der Waals surface area contributed by atoms with Crippen molar-refractivity contribution in [1.82, 2.24) is 9.97 Å². The fraction of sp³-hybridized carbons (Fsp3) is 0. The van der Waals surface area contributed by atoms with Gasteiger partial charge in [0.25, 0.3) is 5.56 Å². The van der Waals surface area contributed by atoms with Gasteiger partial charge in [0, 0.05) is 5.56 Å². The van der Waals surface area contributed by atoms with E-state index < -0.39 is 0 Å². The molecule has 0 spiro atoms. The van der Waals surface area contributed by atoms with E-state index in [0.29, 0.717) is 11.2 Å². The van der Waals surface area contributed by atoms with Gasteiger partial charge in [0.15, 0.2) is 0 Å². The predicted octanol–water partition coefficient (Wildman–Crippen LogP) is 0.848. The van der Waals surface area contributed by atoms with Crippen LogP contribution in [0.1, 0.15) is 0 Å². The lowest BCUT2D eigenvalue weighted by atomic mass is 9.90. The van der Waals surface area contributed by atoms with E-state index >= 15 is 0 Å². The van der Waals surface area contributed by atoms with E-state index in [0.717, 1.165) is 16.5 Å². The molecule has 1 aromatic heterocycles. The molecule has 3 nitrogen and oxygen atoms in total. The maximum absolute atomic E-state index is 12.0. The molecule has 0 saturated heterocycles. The van der Waals surface area contributed by atoms with Crippen molar-refractivity contribution in [3.05, 3.63) is 58.9 Å². The zero-order chi connectivity index (χ0) is 12.5. The number of aromatic amines is 1. The SMILES string of the molecule is Bc1ccccc1-c1nc2ccccc2c(=O)[nH]1. The van der Waals surface area contributed by atoms with E-state index in [4.69, 9.17) is 0 Å². The number of nitrogens with zero attached hydrogens (tertiary/aromatic N) is 1. The third-order valence-electron chi connectivity index (χ3n) is 3.01. The average Bonchev–Trinajstić information content (AvgIpc) is 2.39. The summed E-state index contributed by atoms with van der Waals surface area (Å²) in [7, 11) is 2.00. The van der Waals surface area contributed by atoms with Gasteiger partial charge in [0.1, 0.15) is 13.7 Å². The summed E-state index contributed by atoms with van der Waals surface area (Å²) < 4.78 is 0. The highest BCUT2D eigenvalue weighted by Crippen LogP contribution is 2.13. The number of rotatable bonds is 1. The van der Waals surface area contributed by atoms with E-state index in [-0.39, 0.29) is 5.56 Å². The van der Waals surface area contributed by atoms with Crippen LogP contribution in [-0.2, 0) is 0 Å². The second-order valence-corrected chi connectivity index (χ2v) is 4.25.